The highest BCUT2D eigenvalue weighted by atomic mass is 127. The third-order valence-corrected chi connectivity index (χ3v) is 4.49. The maximum absolute atomic E-state index is 5.73. The summed E-state index contributed by atoms with van der Waals surface area (Å²) < 4.78 is 11.0. The van der Waals surface area contributed by atoms with Gasteiger partial charge in [-0.1, -0.05) is 0 Å². The van der Waals surface area contributed by atoms with Gasteiger partial charge in [0.2, 0.25) is 0 Å². The Bertz CT molecular complexity index is 448. The van der Waals surface area contributed by atoms with E-state index >= 15 is 0 Å². The van der Waals surface area contributed by atoms with Crippen LogP contribution in [0.5, 0.6) is 0 Å². The van der Waals surface area contributed by atoms with Crippen LogP contribution < -0.4 is 10.6 Å². The standard InChI is InChI=1S/C15H25N3O2S.HI/c1-12-5-9-21-14(12)10-18-15(16-2)17-6-3-7-20-13-4-8-19-11-13;/h5,9,13H,3-4,6-8,10-11H2,1-2H3,(H2,16,17,18);1H. The minimum Gasteiger partial charge on any atom is -0.379 e. The molecular formula is C15H26IN3O2S. The number of ether oxygens (including phenoxy) is 2. The molecule has 0 bridgehead atoms. The largest absolute Gasteiger partial charge is 0.379 e. The molecule has 7 heteroatoms. The molecule has 0 radical (unpaired) electrons. The summed E-state index contributed by atoms with van der Waals surface area (Å²) in [6.45, 7) is 6.16. The lowest BCUT2D eigenvalue weighted by atomic mass is 10.3. The van der Waals surface area contributed by atoms with Crippen LogP contribution in [0.1, 0.15) is 23.3 Å². The molecule has 1 aliphatic heterocycles. The SMILES string of the molecule is CN=C(NCCCOC1CCOC1)NCc1sccc1C.I. The number of halogens is 1. The molecule has 2 heterocycles. The maximum Gasteiger partial charge on any atom is 0.191 e. The normalized spacial score (nSPS) is 18.1. The van der Waals surface area contributed by atoms with Crippen molar-refractivity contribution >= 4 is 41.3 Å². The first-order valence-electron chi connectivity index (χ1n) is 7.46. The third-order valence-electron chi connectivity index (χ3n) is 3.46. The molecule has 2 rings (SSSR count). The number of nitrogens with zero attached hydrogens (tertiary/aromatic N) is 1. The van der Waals surface area contributed by atoms with Gasteiger partial charge in [-0.05, 0) is 36.8 Å². The van der Waals surface area contributed by atoms with Gasteiger partial charge < -0.3 is 20.1 Å². The number of hydrogen-bond donors (Lipinski definition) is 2. The van der Waals surface area contributed by atoms with Crippen LogP contribution in [0.2, 0.25) is 0 Å². The lowest BCUT2D eigenvalue weighted by Crippen LogP contribution is -2.37. The summed E-state index contributed by atoms with van der Waals surface area (Å²) >= 11 is 1.77. The van der Waals surface area contributed by atoms with Crippen LogP contribution in [-0.2, 0) is 16.0 Å². The van der Waals surface area contributed by atoms with Crippen molar-refractivity contribution in [3.05, 3.63) is 21.9 Å². The second-order valence-corrected chi connectivity index (χ2v) is 6.09. The predicted octanol–water partition coefficient (Wildman–Crippen LogP) is 2.54. The van der Waals surface area contributed by atoms with Crippen molar-refractivity contribution in [3.8, 4) is 0 Å². The zero-order valence-corrected chi connectivity index (χ0v) is 16.4. The molecule has 126 valence electrons. The van der Waals surface area contributed by atoms with Crippen LogP contribution in [0.25, 0.3) is 0 Å². The van der Waals surface area contributed by atoms with Crippen molar-refractivity contribution in [2.75, 3.05) is 33.4 Å². The molecule has 5 nitrogen and oxygen atoms in total. The fraction of sp³-hybridized carbons (Fsp3) is 0.667. The van der Waals surface area contributed by atoms with Crippen LogP contribution in [0.4, 0.5) is 0 Å². The molecule has 0 amide bonds. The Morgan fingerprint density at radius 2 is 2.36 bits per heavy atom. The van der Waals surface area contributed by atoms with Crippen LogP contribution in [0.3, 0.4) is 0 Å². The number of rotatable bonds is 7. The minimum absolute atomic E-state index is 0. The molecular weight excluding hydrogens is 413 g/mol. The van der Waals surface area contributed by atoms with Gasteiger partial charge in [-0.3, -0.25) is 4.99 Å². The fourth-order valence-electron chi connectivity index (χ4n) is 2.14. The third kappa shape index (κ3) is 6.80. The summed E-state index contributed by atoms with van der Waals surface area (Å²) in [6, 6.07) is 2.14. The molecule has 1 saturated heterocycles. The molecule has 1 aromatic rings. The molecule has 2 N–H and O–H groups in total. The summed E-state index contributed by atoms with van der Waals surface area (Å²) in [4.78, 5) is 5.58. The van der Waals surface area contributed by atoms with Gasteiger partial charge in [-0.2, -0.15) is 0 Å². The molecule has 1 aromatic heterocycles. The lowest BCUT2D eigenvalue weighted by Gasteiger charge is -2.13. The van der Waals surface area contributed by atoms with E-state index in [0.717, 1.165) is 51.7 Å². The van der Waals surface area contributed by atoms with E-state index in [2.05, 4.69) is 34.0 Å². The maximum atomic E-state index is 5.73. The highest BCUT2D eigenvalue weighted by Crippen LogP contribution is 2.14. The van der Waals surface area contributed by atoms with Crippen LogP contribution in [0, 0.1) is 6.92 Å². The van der Waals surface area contributed by atoms with Crippen LogP contribution in [-0.4, -0.2) is 45.5 Å². The Balaban J connectivity index is 0.00000242. The van der Waals surface area contributed by atoms with Gasteiger partial charge >= 0.3 is 0 Å². The minimum atomic E-state index is 0. The van der Waals surface area contributed by atoms with E-state index in [0.29, 0.717) is 6.10 Å². The van der Waals surface area contributed by atoms with Gasteiger partial charge in [0.1, 0.15) is 0 Å². The highest BCUT2D eigenvalue weighted by Gasteiger charge is 2.15. The summed E-state index contributed by atoms with van der Waals surface area (Å²) in [5.74, 6) is 0.840. The Hall–Kier alpha value is -0.380. The van der Waals surface area contributed by atoms with Crippen LogP contribution >= 0.6 is 35.3 Å². The fourth-order valence-corrected chi connectivity index (χ4v) is 2.99. The molecule has 0 aromatic carbocycles. The Morgan fingerprint density at radius 3 is 3.00 bits per heavy atom. The zero-order valence-electron chi connectivity index (χ0n) is 13.3. The quantitative estimate of drug-likeness (QED) is 0.297. The summed E-state index contributed by atoms with van der Waals surface area (Å²) in [5, 5.41) is 8.76. The van der Waals surface area contributed by atoms with Crippen molar-refractivity contribution in [2.45, 2.75) is 32.4 Å². The smallest absolute Gasteiger partial charge is 0.191 e. The van der Waals surface area contributed by atoms with Crippen molar-refractivity contribution < 1.29 is 9.47 Å². The second kappa shape index (κ2) is 11.2. The van der Waals surface area contributed by atoms with Gasteiger partial charge in [-0.25, -0.2) is 0 Å². The van der Waals surface area contributed by atoms with E-state index in [-0.39, 0.29) is 24.0 Å². The Morgan fingerprint density at radius 1 is 1.50 bits per heavy atom. The first-order valence-corrected chi connectivity index (χ1v) is 8.34. The average Bonchev–Trinajstić information content (AvgIpc) is 3.14. The summed E-state index contributed by atoms with van der Waals surface area (Å²) in [6.07, 6.45) is 2.29. The Labute approximate surface area is 153 Å². The van der Waals surface area contributed by atoms with Gasteiger partial charge in [0.15, 0.2) is 5.96 Å². The molecule has 0 spiro atoms. The van der Waals surface area contributed by atoms with Crippen molar-refractivity contribution in [1.82, 2.24) is 10.6 Å². The predicted molar refractivity (Wildman–Crippen MR) is 102 cm³/mol. The van der Waals surface area contributed by atoms with Crippen molar-refractivity contribution in [1.29, 1.82) is 0 Å². The zero-order chi connectivity index (χ0) is 14.9. The summed E-state index contributed by atoms with van der Waals surface area (Å²) in [7, 11) is 1.79. The number of hydrogen-bond acceptors (Lipinski definition) is 4. The first kappa shape index (κ1) is 19.7. The van der Waals surface area contributed by atoms with E-state index in [1.165, 1.54) is 10.4 Å². The van der Waals surface area contributed by atoms with Crippen molar-refractivity contribution in [3.63, 3.8) is 0 Å². The molecule has 1 atom stereocenters. The number of nitrogens with one attached hydrogen (secondary N) is 2. The van der Waals surface area contributed by atoms with E-state index in [1.54, 1.807) is 18.4 Å². The van der Waals surface area contributed by atoms with Gasteiger partial charge in [0.25, 0.3) is 0 Å². The molecule has 1 aliphatic rings. The topological polar surface area (TPSA) is 54.9 Å². The lowest BCUT2D eigenvalue weighted by molar-refractivity contribution is 0.0420. The Kier molecular flexibility index (Phi) is 10.0. The number of aliphatic imine (C=N–C) groups is 1. The molecule has 0 aliphatic carbocycles. The van der Waals surface area contributed by atoms with Gasteiger partial charge in [0, 0.05) is 31.7 Å². The molecule has 1 unspecified atom stereocenters. The second-order valence-electron chi connectivity index (χ2n) is 5.09. The van der Waals surface area contributed by atoms with Gasteiger partial charge in [0.05, 0.1) is 19.3 Å². The van der Waals surface area contributed by atoms with E-state index in [4.69, 9.17) is 9.47 Å². The first-order chi connectivity index (χ1) is 10.3. The molecule has 0 saturated carbocycles. The van der Waals surface area contributed by atoms with E-state index in [1.807, 2.05) is 0 Å². The van der Waals surface area contributed by atoms with Crippen molar-refractivity contribution in [2.24, 2.45) is 4.99 Å². The van der Waals surface area contributed by atoms with Gasteiger partial charge in [-0.15, -0.1) is 35.3 Å². The average molecular weight is 439 g/mol. The van der Waals surface area contributed by atoms with E-state index < -0.39 is 0 Å². The van der Waals surface area contributed by atoms with Crippen LogP contribution in [0.15, 0.2) is 16.4 Å². The molecule has 1 fully saturated rings. The summed E-state index contributed by atoms with van der Waals surface area (Å²) in [5.41, 5.74) is 1.33. The number of thiophene rings is 1. The monoisotopic (exact) mass is 439 g/mol. The number of aryl methyl sites for hydroxylation is 1. The van der Waals surface area contributed by atoms with E-state index in [9.17, 15) is 0 Å². The highest BCUT2D eigenvalue weighted by molar-refractivity contribution is 14.0. The number of guanidine groups is 1. The molecule has 22 heavy (non-hydrogen) atoms.